The van der Waals surface area contributed by atoms with Crippen LogP contribution in [0.2, 0.25) is 0 Å². The predicted octanol–water partition coefficient (Wildman–Crippen LogP) is 3.69. The highest BCUT2D eigenvalue weighted by atomic mass is 32.2. The van der Waals surface area contributed by atoms with E-state index >= 15 is 0 Å². The van der Waals surface area contributed by atoms with E-state index < -0.39 is 0 Å². The van der Waals surface area contributed by atoms with Crippen molar-refractivity contribution in [2.45, 2.75) is 64.2 Å². The molecule has 1 aliphatic rings. The van der Waals surface area contributed by atoms with Crippen molar-refractivity contribution in [3.63, 3.8) is 0 Å². The van der Waals surface area contributed by atoms with Gasteiger partial charge >= 0.3 is 0 Å². The molecule has 0 aromatic rings. The molecule has 0 aliphatic carbocycles. The minimum absolute atomic E-state index is 0.499. The van der Waals surface area contributed by atoms with E-state index in [1.807, 2.05) is 0 Å². The van der Waals surface area contributed by atoms with E-state index in [-0.39, 0.29) is 0 Å². The lowest BCUT2D eigenvalue weighted by atomic mass is 9.88. The van der Waals surface area contributed by atoms with Crippen molar-refractivity contribution in [1.29, 1.82) is 0 Å². The van der Waals surface area contributed by atoms with E-state index in [9.17, 15) is 0 Å². The standard InChI is InChI=1S/C13H27NS/c1-5-11(3)10-12(14-6-2)13(4)8-7-9-15-13/h11-12,14H,5-10H2,1-4H3. The molecule has 1 saturated heterocycles. The zero-order valence-corrected chi connectivity index (χ0v) is 11.6. The third-order valence-electron chi connectivity index (χ3n) is 3.77. The number of thioether (sulfide) groups is 1. The summed E-state index contributed by atoms with van der Waals surface area (Å²) in [5, 5.41) is 3.71. The molecule has 3 atom stereocenters. The first-order valence-electron chi connectivity index (χ1n) is 6.49. The fraction of sp³-hybridized carbons (Fsp3) is 1.00. The van der Waals surface area contributed by atoms with Gasteiger partial charge in [0.15, 0.2) is 0 Å². The molecule has 1 fully saturated rings. The molecule has 2 heteroatoms. The first kappa shape index (κ1) is 13.4. The minimum Gasteiger partial charge on any atom is -0.313 e. The van der Waals surface area contributed by atoms with Crippen LogP contribution < -0.4 is 5.32 Å². The summed E-state index contributed by atoms with van der Waals surface area (Å²) in [5.41, 5.74) is 0. The number of nitrogens with one attached hydrogen (secondary N) is 1. The second-order valence-corrected chi connectivity index (χ2v) is 6.75. The largest absolute Gasteiger partial charge is 0.313 e. The predicted molar refractivity (Wildman–Crippen MR) is 71.6 cm³/mol. The van der Waals surface area contributed by atoms with Crippen LogP contribution in [0.1, 0.15) is 53.4 Å². The first-order chi connectivity index (χ1) is 7.12. The highest BCUT2D eigenvalue weighted by Crippen LogP contribution is 2.42. The lowest BCUT2D eigenvalue weighted by Crippen LogP contribution is -2.46. The third kappa shape index (κ3) is 3.67. The van der Waals surface area contributed by atoms with Crippen molar-refractivity contribution in [3.8, 4) is 0 Å². The van der Waals surface area contributed by atoms with Crippen LogP contribution in [-0.2, 0) is 0 Å². The summed E-state index contributed by atoms with van der Waals surface area (Å²) >= 11 is 2.18. The van der Waals surface area contributed by atoms with Crippen molar-refractivity contribution in [2.75, 3.05) is 12.3 Å². The Morgan fingerprint density at radius 3 is 2.60 bits per heavy atom. The Hall–Kier alpha value is 0.310. The second kappa shape index (κ2) is 6.15. The molecular weight excluding hydrogens is 202 g/mol. The molecule has 0 aromatic carbocycles. The van der Waals surface area contributed by atoms with Crippen LogP contribution in [0.3, 0.4) is 0 Å². The van der Waals surface area contributed by atoms with Crippen molar-refractivity contribution in [3.05, 3.63) is 0 Å². The van der Waals surface area contributed by atoms with Crippen molar-refractivity contribution >= 4 is 11.8 Å². The number of rotatable bonds is 6. The minimum atomic E-state index is 0.499. The van der Waals surface area contributed by atoms with Crippen molar-refractivity contribution in [1.82, 2.24) is 5.32 Å². The van der Waals surface area contributed by atoms with Gasteiger partial charge in [-0.2, -0.15) is 11.8 Å². The van der Waals surface area contributed by atoms with Gasteiger partial charge < -0.3 is 5.32 Å². The maximum Gasteiger partial charge on any atom is 0.0285 e. The van der Waals surface area contributed by atoms with E-state index in [0.29, 0.717) is 10.8 Å². The maximum atomic E-state index is 3.71. The Labute approximate surface area is 99.8 Å². The van der Waals surface area contributed by atoms with Gasteiger partial charge in [0.25, 0.3) is 0 Å². The van der Waals surface area contributed by atoms with Crippen LogP contribution >= 0.6 is 11.8 Å². The molecule has 1 rings (SSSR count). The lowest BCUT2D eigenvalue weighted by molar-refractivity contribution is 0.333. The van der Waals surface area contributed by atoms with Gasteiger partial charge in [0.2, 0.25) is 0 Å². The van der Waals surface area contributed by atoms with Gasteiger partial charge in [0.1, 0.15) is 0 Å². The second-order valence-electron chi connectivity index (χ2n) is 5.12. The van der Waals surface area contributed by atoms with Gasteiger partial charge in [-0.05, 0) is 44.4 Å². The van der Waals surface area contributed by atoms with Crippen LogP contribution in [0.15, 0.2) is 0 Å². The third-order valence-corrected chi connectivity index (χ3v) is 5.41. The Bertz CT molecular complexity index is 175. The Kier molecular flexibility index (Phi) is 5.48. The molecule has 1 aliphatic heterocycles. The lowest BCUT2D eigenvalue weighted by Gasteiger charge is -2.35. The maximum absolute atomic E-state index is 3.71. The highest BCUT2D eigenvalue weighted by Gasteiger charge is 2.37. The Balaban J connectivity index is 2.55. The van der Waals surface area contributed by atoms with Crippen LogP contribution in [0.25, 0.3) is 0 Å². The summed E-state index contributed by atoms with van der Waals surface area (Å²) in [6.45, 7) is 10.5. The van der Waals surface area contributed by atoms with Gasteiger partial charge in [0.05, 0.1) is 0 Å². The van der Waals surface area contributed by atoms with Gasteiger partial charge in [0, 0.05) is 10.8 Å². The molecule has 3 unspecified atom stereocenters. The van der Waals surface area contributed by atoms with Gasteiger partial charge in [-0.1, -0.05) is 27.2 Å². The van der Waals surface area contributed by atoms with E-state index in [0.717, 1.165) is 12.5 Å². The number of hydrogen-bond donors (Lipinski definition) is 1. The summed E-state index contributed by atoms with van der Waals surface area (Å²) in [4.78, 5) is 0. The molecule has 0 amide bonds. The normalized spacial score (nSPS) is 30.4. The van der Waals surface area contributed by atoms with E-state index in [1.54, 1.807) is 0 Å². The van der Waals surface area contributed by atoms with Crippen molar-refractivity contribution < 1.29 is 0 Å². The molecular formula is C13H27NS. The molecule has 1 heterocycles. The average molecular weight is 229 g/mol. The van der Waals surface area contributed by atoms with E-state index in [4.69, 9.17) is 0 Å². The fourth-order valence-electron chi connectivity index (χ4n) is 2.44. The molecule has 0 saturated carbocycles. The number of hydrogen-bond acceptors (Lipinski definition) is 2. The van der Waals surface area contributed by atoms with E-state index in [1.165, 1.54) is 31.4 Å². The van der Waals surface area contributed by atoms with Crippen LogP contribution in [0.5, 0.6) is 0 Å². The molecule has 90 valence electrons. The molecule has 1 nitrogen and oxygen atoms in total. The first-order valence-corrected chi connectivity index (χ1v) is 7.48. The SMILES string of the molecule is CCNC(CC(C)CC)C1(C)CCCS1. The van der Waals surface area contributed by atoms with E-state index in [2.05, 4.69) is 44.8 Å². The Morgan fingerprint density at radius 2 is 2.13 bits per heavy atom. The molecule has 0 radical (unpaired) electrons. The smallest absolute Gasteiger partial charge is 0.0285 e. The van der Waals surface area contributed by atoms with Crippen LogP contribution in [0.4, 0.5) is 0 Å². The fourth-order valence-corrected chi connectivity index (χ4v) is 3.86. The van der Waals surface area contributed by atoms with Gasteiger partial charge in [-0.3, -0.25) is 0 Å². The summed E-state index contributed by atoms with van der Waals surface area (Å²) in [6, 6.07) is 0.713. The zero-order valence-electron chi connectivity index (χ0n) is 10.8. The highest BCUT2D eigenvalue weighted by molar-refractivity contribution is 8.00. The summed E-state index contributed by atoms with van der Waals surface area (Å²) in [5.74, 6) is 2.21. The molecule has 1 N–H and O–H groups in total. The summed E-state index contributed by atoms with van der Waals surface area (Å²) in [6.07, 6.45) is 5.45. The summed E-state index contributed by atoms with van der Waals surface area (Å²) in [7, 11) is 0. The molecule has 0 spiro atoms. The summed E-state index contributed by atoms with van der Waals surface area (Å²) < 4.78 is 0.499. The molecule has 0 aromatic heterocycles. The van der Waals surface area contributed by atoms with Crippen LogP contribution in [-0.4, -0.2) is 23.1 Å². The van der Waals surface area contributed by atoms with Crippen LogP contribution in [0, 0.1) is 5.92 Å². The average Bonchev–Trinajstić information content (AvgIpc) is 2.65. The Morgan fingerprint density at radius 1 is 1.40 bits per heavy atom. The molecule has 0 bridgehead atoms. The topological polar surface area (TPSA) is 12.0 Å². The van der Waals surface area contributed by atoms with Crippen molar-refractivity contribution in [2.24, 2.45) is 5.92 Å². The van der Waals surface area contributed by atoms with Gasteiger partial charge in [-0.15, -0.1) is 0 Å². The zero-order chi connectivity index (χ0) is 11.3. The molecule has 15 heavy (non-hydrogen) atoms. The quantitative estimate of drug-likeness (QED) is 0.745. The monoisotopic (exact) mass is 229 g/mol. The van der Waals surface area contributed by atoms with Gasteiger partial charge in [-0.25, -0.2) is 0 Å².